The summed E-state index contributed by atoms with van der Waals surface area (Å²) in [6.45, 7) is 0. The molecular weight excluding hydrogens is 813 g/mol. The van der Waals surface area contributed by atoms with Gasteiger partial charge < -0.3 is 13.9 Å². The molecule has 67 heavy (non-hydrogen) atoms. The second-order valence-electron chi connectivity index (χ2n) is 17.3. The minimum atomic E-state index is 0.870. The fourth-order valence-electron chi connectivity index (χ4n) is 10.2. The number of hydrogen-bond donors (Lipinski definition) is 0. The lowest BCUT2D eigenvalue weighted by molar-refractivity contribution is 0.673. The van der Waals surface area contributed by atoms with Crippen LogP contribution in [0.5, 0.6) is 0 Å². The van der Waals surface area contributed by atoms with Gasteiger partial charge >= 0.3 is 0 Å². The molecule has 0 saturated heterocycles. The lowest BCUT2D eigenvalue weighted by atomic mass is 9.96. The van der Waals surface area contributed by atoms with Crippen molar-refractivity contribution in [1.82, 2.24) is 4.57 Å². The molecular formula is C64H42N2O. The molecule has 314 valence electrons. The smallest absolute Gasteiger partial charge is 0.143 e. The molecule has 0 saturated carbocycles. The van der Waals surface area contributed by atoms with Crippen LogP contribution in [0.15, 0.2) is 259 Å². The molecule has 3 nitrogen and oxygen atoms in total. The molecule has 3 heteroatoms. The van der Waals surface area contributed by atoms with E-state index < -0.39 is 0 Å². The fourth-order valence-corrected chi connectivity index (χ4v) is 10.2. The highest BCUT2D eigenvalue weighted by molar-refractivity contribution is 6.15. The van der Waals surface area contributed by atoms with Gasteiger partial charge in [0, 0.05) is 49.6 Å². The molecule has 11 aromatic carbocycles. The first-order valence-corrected chi connectivity index (χ1v) is 22.9. The quantitative estimate of drug-likeness (QED) is 0.152. The molecule has 13 rings (SSSR count). The van der Waals surface area contributed by atoms with Gasteiger partial charge in [-0.05, 0) is 123 Å². The zero-order valence-corrected chi connectivity index (χ0v) is 36.6. The Bertz CT molecular complexity index is 3860. The molecule has 0 amide bonds. The number of hydrogen-bond acceptors (Lipinski definition) is 2. The van der Waals surface area contributed by atoms with Crippen molar-refractivity contribution in [3.63, 3.8) is 0 Å². The van der Waals surface area contributed by atoms with Crippen molar-refractivity contribution in [2.75, 3.05) is 4.90 Å². The molecule has 0 bridgehead atoms. The molecule has 0 fully saturated rings. The molecule has 0 aliphatic carbocycles. The van der Waals surface area contributed by atoms with Gasteiger partial charge in [-0.25, -0.2) is 0 Å². The maximum absolute atomic E-state index is 6.74. The van der Waals surface area contributed by atoms with E-state index in [-0.39, 0.29) is 0 Å². The second-order valence-corrected chi connectivity index (χ2v) is 17.3. The molecule has 0 atom stereocenters. The van der Waals surface area contributed by atoms with Gasteiger partial charge in [0.25, 0.3) is 0 Å². The average Bonchev–Trinajstić information content (AvgIpc) is 3.95. The first-order valence-electron chi connectivity index (χ1n) is 22.9. The molecule has 2 aromatic heterocycles. The van der Waals surface area contributed by atoms with Crippen molar-refractivity contribution >= 4 is 71.6 Å². The maximum Gasteiger partial charge on any atom is 0.143 e. The van der Waals surface area contributed by atoms with Gasteiger partial charge in [0.05, 0.1) is 16.7 Å². The highest BCUT2D eigenvalue weighted by Gasteiger charge is 2.21. The first-order chi connectivity index (χ1) is 33.2. The van der Waals surface area contributed by atoms with E-state index in [4.69, 9.17) is 4.42 Å². The fraction of sp³-hybridized carbons (Fsp3) is 0. The minimum absolute atomic E-state index is 0.870. The zero-order valence-electron chi connectivity index (χ0n) is 36.6. The largest absolute Gasteiger partial charge is 0.455 e. The highest BCUT2D eigenvalue weighted by Crippen LogP contribution is 2.45. The minimum Gasteiger partial charge on any atom is -0.455 e. The Labute approximate surface area is 388 Å². The Balaban J connectivity index is 0.975. The van der Waals surface area contributed by atoms with Crippen molar-refractivity contribution in [3.05, 3.63) is 255 Å². The van der Waals surface area contributed by atoms with E-state index in [0.29, 0.717) is 0 Å². The number of benzene rings is 11. The normalized spacial score (nSPS) is 11.6. The van der Waals surface area contributed by atoms with Crippen molar-refractivity contribution in [2.45, 2.75) is 0 Å². The Morgan fingerprint density at radius 2 is 0.881 bits per heavy atom. The summed E-state index contributed by atoms with van der Waals surface area (Å²) in [5.41, 5.74) is 17.6. The summed E-state index contributed by atoms with van der Waals surface area (Å²) in [5.74, 6) is 0. The number of fused-ring (bicyclic) bond motifs is 8. The van der Waals surface area contributed by atoms with Crippen LogP contribution in [0.4, 0.5) is 17.1 Å². The van der Waals surface area contributed by atoms with E-state index in [1.807, 2.05) is 0 Å². The molecule has 13 aromatic rings. The van der Waals surface area contributed by atoms with Crippen LogP contribution >= 0.6 is 0 Å². The zero-order chi connectivity index (χ0) is 44.3. The SMILES string of the molecule is c1ccc(-c2cc(-c3ccccc3)cc(N(c3ccc(-c4cccc(-n5c6ccccc6c6ccccc65)c4)cc3)c3ccccc3-c3ccc4c(c3)oc3c5ccccc5ccc43)c2)cc1. The molecule has 0 aliphatic heterocycles. The van der Waals surface area contributed by atoms with E-state index in [1.54, 1.807) is 0 Å². The predicted octanol–water partition coefficient (Wildman–Crippen LogP) is 18.0. The maximum atomic E-state index is 6.74. The Morgan fingerprint density at radius 1 is 0.313 bits per heavy atom. The standard InChI is InChI=1S/C64H42N2O/c1-3-16-43(17-4-1)49-38-50(44-18-5-2-6-19-44)41-53(40-49)65(60-27-12-9-23-54(60)48-33-36-58-59-37-32-46-20-7-8-24-55(46)64(59)67-63(58)42-48)51-34-30-45(31-35-51)47-21-15-22-52(39-47)66-61-28-13-10-25-56(61)57-26-11-14-29-62(57)66/h1-42H. The summed E-state index contributed by atoms with van der Waals surface area (Å²) in [5, 5.41) is 7.04. The lowest BCUT2D eigenvalue weighted by Gasteiger charge is -2.29. The molecule has 0 N–H and O–H groups in total. The van der Waals surface area contributed by atoms with Gasteiger partial charge in [-0.1, -0.05) is 176 Å². The molecule has 2 heterocycles. The summed E-state index contributed by atoms with van der Waals surface area (Å²) in [7, 11) is 0. The highest BCUT2D eigenvalue weighted by atomic mass is 16.3. The summed E-state index contributed by atoms with van der Waals surface area (Å²) in [6.07, 6.45) is 0. The van der Waals surface area contributed by atoms with Crippen LogP contribution in [-0.4, -0.2) is 4.57 Å². The van der Waals surface area contributed by atoms with Gasteiger partial charge in [0.2, 0.25) is 0 Å². The van der Waals surface area contributed by atoms with Gasteiger partial charge in [0.1, 0.15) is 11.2 Å². The number of para-hydroxylation sites is 3. The summed E-state index contributed by atoms with van der Waals surface area (Å²) >= 11 is 0. The number of nitrogens with zero attached hydrogens (tertiary/aromatic N) is 2. The summed E-state index contributed by atoms with van der Waals surface area (Å²) < 4.78 is 9.13. The van der Waals surface area contributed by atoms with Gasteiger partial charge in [0.15, 0.2) is 0 Å². The van der Waals surface area contributed by atoms with Crippen LogP contribution in [0, 0.1) is 0 Å². The van der Waals surface area contributed by atoms with Crippen LogP contribution < -0.4 is 4.90 Å². The van der Waals surface area contributed by atoms with Gasteiger partial charge in [-0.3, -0.25) is 0 Å². The number of aromatic nitrogens is 1. The third kappa shape index (κ3) is 6.67. The van der Waals surface area contributed by atoms with Crippen molar-refractivity contribution < 1.29 is 4.42 Å². The van der Waals surface area contributed by atoms with Crippen molar-refractivity contribution in [3.8, 4) is 50.2 Å². The third-order valence-corrected chi connectivity index (χ3v) is 13.4. The van der Waals surface area contributed by atoms with Crippen LogP contribution in [0.2, 0.25) is 0 Å². The van der Waals surface area contributed by atoms with Crippen LogP contribution in [0.3, 0.4) is 0 Å². The van der Waals surface area contributed by atoms with Gasteiger partial charge in [-0.2, -0.15) is 0 Å². The second kappa shape index (κ2) is 16.0. The molecule has 0 aliphatic rings. The third-order valence-electron chi connectivity index (χ3n) is 13.4. The van der Waals surface area contributed by atoms with Crippen LogP contribution in [-0.2, 0) is 0 Å². The van der Waals surface area contributed by atoms with Crippen molar-refractivity contribution in [1.29, 1.82) is 0 Å². The summed E-state index contributed by atoms with van der Waals surface area (Å²) in [4.78, 5) is 2.42. The lowest BCUT2D eigenvalue weighted by Crippen LogP contribution is -2.11. The molecule has 0 spiro atoms. The molecule has 0 unspecified atom stereocenters. The number of furan rings is 1. The van der Waals surface area contributed by atoms with E-state index >= 15 is 0 Å². The molecule has 0 radical (unpaired) electrons. The average molecular weight is 855 g/mol. The van der Waals surface area contributed by atoms with Crippen LogP contribution in [0.1, 0.15) is 0 Å². The topological polar surface area (TPSA) is 21.3 Å². The number of anilines is 3. The predicted molar refractivity (Wildman–Crippen MR) is 282 cm³/mol. The van der Waals surface area contributed by atoms with Gasteiger partial charge in [-0.15, -0.1) is 0 Å². The van der Waals surface area contributed by atoms with E-state index in [2.05, 4.69) is 264 Å². The summed E-state index contributed by atoms with van der Waals surface area (Å²) in [6, 6.07) is 92.0. The number of rotatable bonds is 8. The van der Waals surface area contributed by atoms with Crippen molar-refractivity contribution in [2.24, 2.45) is 0 Å². The van der Waals surface area contributed by atoms with Crippen LogP contribution in [0.25, 0.3) is 105 Å². The van der Waals surface area contributed by atoms with E-state index in [1.165, 1.54) is 27.2 Å². The van der Waals surface area contributed by atoms with E-state index in [9.17, 15) is 0 Å². The monoisotopic (exact) mass is 854 g/mol. The Hall–Kier alpha value is -8.92. The Kier molecular flexibility index (Phi) is 9.17. The Morgan fingerprint density at radius 3 is 1.60 bits per heavy atom. The van der Waals surface area contributed by atoms with E-state index in [0.717, 1.165) is 94.6 Å². The first kappa shape index (κ1) is 38.5.